The lowest BCUT2D eigenvalue weighted by atomic mass is 9.99. The molecule has 0 bridgehead atoms. The molecule has 4 rings (SSSR count). The summed E-state index contributed by atoms with van der Waals surface area (Å²) in [6, 6.07) is 9.25. The minimum absolute atomic E-state index is 0.0581. The average molecular weight is 549 g/mol. The summed E-state index contributed by atoms with van der Waals surface area (Å²) in [7, 11) is 0. The number of aromatic nitrogens is 3. The van der Waals surface area contributed by atoms with Gasteiger partial charge in [0.1, 0.15) is 17.1 Å². The first kappa shape index (κ1) is 25.0. The quantitative estimate of drug-likeness (QED) is 0.385. The molecular weight excluding hydrogens is 525 g/mol. The fourth-order valence-corrected chi connectivity index (χ4v) is 4.29. The lowest BCUT2D eigenvalue weighted by Crippen LogP contribution is -2.34. The molecule has 0 radical (unpaired) electrons. The van der Waals surface area contributed by atoms with Gasteiger partial charge in [0.2, 0.25) is 5.91 Å². The molecule has 0 fully saturated rings. The molecule has 0 saturated carbocycles. The Labute approximate surface area is 209 Å². The van der Waals surface area contributed by atoms with Crippen molar-refractivity contribution in [1.29, 1.82) is 0 Å². The monoisotopic (exact) mass is 548 g/mol. The Morgan fingerprint density at radius 2 is 1.97 bits per heavy atom. The van der Waals surface area contributed by atoms with E-state index in [0.29, 0.717) is 30.0 Å². The molecule has 3 aromatic rings. The molecule has 35 heavy (non-hydrogen) atoms. The van der Waals surface area contributed by atoms with E-state index in [1.54, 1.807) is 24.4 Å². The van der Waals surface area contributed by atoms with Crippen LogP contribution in [0, 0.1) is 0 Å². The third-order valence-electron chi connectivity index (χ3n) is 5.72. The number of nitrogens with zero attached hydrogens (tertiary/aromatic N) is 3. The molecule has 0 unspecified atom stereocenters. The van der Waals surface area contributed by atoms with Gasteiger partial charge in [-0.25, -0.2) is 9.97 Å². The Morgan fingerprint density at radius 1 is 1.20 bits per heavy atom. The summed E-state index contributed by atoms with van der Waals surface area (Å²) < 4.78 is 44.3. The number of halogens is 4. The smallest absolute Gasteiger partial charge is 0.406 e. The summed E-state index contributed by atoms with van der Waals surface area (Å²) in [5.41, 5.74) is 3.28. The first-order chi connectivity index (χ1) is 16.7. The van der Waals surface area contributed by atoms with Gasteiger partial charge in [-0.1, -0.05) is 40.2 Å². The van der Waals surface area contributed by atoms with Crippen LogP contribution in [-0.2, 0) is 17.8 Å². The number of fused-ring (bicyclic) bond motifs is 1. The van der Waals surface area contributed by atoms with Gasteiger partial charge < -0.3 is 14.6 Å². The molecule has 6 nitrogen and oxygen atoms in total. The lowest BCUT2D eigenvalue weighted by molar-refractivity contribution is -0.274. The van der Waals surface area contributed by atoms with Crippen LogP contribution in [0.15, 0.2) is 64.8 Å². The minimum Gasteiger partial charge on any atom is -0.406 e. The van der Waals surface area contributed by atoms with Crippen LogP contribution in [0.5, 0.6) is 5.75 Å². The fraction of sp³-hybridized carbons (Fsp3) is 0.320. The summed E-state index contributed by atoms with van der Waals surface area (Å²) in [4.78, 5) is 21.7. The second kappa shape index (κ2) is 10.6. The molecule has 1 aromatic carbocycles. The summed E-state index contributed by atoms with van der Waals surface area (Å²) >= 11 is 3.49. The third kappa shape index (κ3) is 6.72. The van der Waals surface area contributed by atoms with Crippen molar-refractivity contribution in [1.82, 2.24) is 19.9 Å². The molecule has 2 heterocycles. The second-order valence-corrected chi connectivity index (χ2v) is 9.31. The molecule has 1 N–H and O–H groups in total. The van der Waals surface area contributed by atoms with E-state index < -0.39 is 6.36 Å². The Bertz CT molecular complexity index is 1270. The number of alkyl halides is 3. The van der Waals surface area contributed by atoms with Crippen LogP contribution in [0.2, 0.25) is 0 Å². The predicted molar refractivity (Wildman–Crippen MR) is 130 cm³/mol. The summed E-state index contributed by atoms with van der Waals surface area (Å²) in [6.45, 7) is 2.32. The van der Waals surface area contributed by atoms with E-state index in [-0.39, 0.29) is 24.1 Å². The zero-order valence-corrected chi connectivity index (χ0v) is 20.6. The van der Waals surface area contributed by atoms with Crippen molar-refractivity contribution in [3.63, 3.8) is 0 Å². The molecule has 1 atom stereocenters. The Balaban J connectivity index is 1.45. The first-order valence-electron chi connectivity index (χ1n) is 11.2. The van der Waals surface area contributed by atoms with Crippen molar-refractivity contribution in [2.75, 3.05) is 0 Å². The zero-order valence-electron chi connectivity index (χ0n) is 19.0. The fourth-order valence-electron chi connectivity index (χ4n) is 3.96. The molecule has 1 aliphatic carbocycles. The zero-order chi connectivity index (χ0) is 25.0. The summed E-state index contributed by atoms with van der Waals surface area (Å²) in [6.07, 6.45) is 3.43. The highest BCUT2D eigenvalue weighted by Gasteiger charge is 2.31. The van der Waals surface area contributed by atoms with Gasteiger partial charge in [0.05, 0.1) is 6.54 Å². The Kier molecular flexibility index (Phi) is 7.59. The molecule has 1 aliphatic rings. The number of amides is 1. The van der Waals surface area contributed by atoms with E-state index in [4.69, 9.17) is 0 Å². The number of benzene rings is 1. The largest absolute Gasteiger partial charge is 0.573 e. The standard InChI is InChI=1S/C25H24BrF3N4O2/c1-16(18-6-8-19(26)9-7-18)31-23(34)13-12-22-32-21-3-2-14-30-24(21)33(22)15-17-4-10-20(11-5-17)35-25(27,28)29/h2-6,8,10-11,14,16H,7,9,12-13,15H2,1H3,(H,31,34)/t16-/m0/s1. The number of hydrogen-bond acceptors (Lipinski definition) is 4. The van der Waals surface area contributed by atoms with E-state index in [0.717, 1.165) is 22.9 Å². The van der Waals surface area contributed by atoms with Crippen molar-refractivity contribution in [3.8, 4) is 5.75 Å². The number of ether oxygens (including phenoxy) is 1. The molecule has 2 aromatic heterocycles. The molecular formula is C25H24BrF3N4O2. The number of carbonyl (C=O) groups is 1. The SMILES string of the molecule is C[C@H](NC(=O)CCc1nc2cccnc2n1Cc1ccc(OC(F)(F)F)cc1)C1=CC=C(Br)CC1. The number of allylic oxidation sites excluding steroid dienone is 3. The van der Waals surface area contributed by atoms with Gasteiger partial charge >= 0.3 is 6.36 Å². The number of pyridine rings is 1. The molecule has 0 spiro atoms. The number of carbonyl (C=O) groups excluding carboxylic acids is 1. The van der Waals surface area contributed by atoms with Crippen molar-refractivity contribution < 1.29 is 22.7 Å². The second-order valence-electron chi connectivity index (χ2n) is 8.30. The van der Waals surface area contributed by atoms with E-state index >= 15 is 0 Å². The van der Waals surface area contributed by atoms with Crippen LogP contribution >= 0.6 is 15.9 Å². The minimum atomic E-state index is -4.74. The maximum Gasteiger partial charge on any atom is 0.573 e. The average Bonchev–Trinajstić information content (AvgIpc) is 3.16. The Morgan fingerprint density at radius 3 is 2.66 bits per heavy atom. The van der Waals surface area contributed by atoms with Crippen molar-refractivity contribution in [3.05, 3.63) is 76.2 Å². The number of imidazole rings is 1. The number of nitrogens with one attached hydrogen (secondary N) is 1. The van der Waals surface area contributed by atoms with E-state index in [2.05, 4.69) is 36.0 Å². The number of hydrogen-bond donors (Lipinski definition) is 1. The highest BCUT2D eigenvalue weighted by Crippen LogP contribution is 2.25. The van der Waals surface area contributed by atoms with Crippen molar-refractivity contribution in [2.45, 2.75) is 51.6 Å². The van der Waals surface area contributed by atoms with Gasteiger partial charge in [0, 0.05) is 25.1 Å². The number of rotatable bonds is 8. The van der Waals surface area contributed by atoms with Gasteiger partial charge in [0.15, 0.2) is 5.65 Å². The van der Waals surface area contributed by atoms with Crippen molar-refractivity contribution >= 4 is 33.0 Å². The van der Waals surface area contributed by atoms with Crippen LogP contribution in [0.1, 0.15) is 37.6 Å². The molecule has 10 heteroatoms. The molecule has 184 valence electrons. The van der Waals surface area contributed by atoms with Crippen LogP contribution in [0.25, 0.3) is 11.2 Å². The van der Waals surface area contributed by atoms with Gasteiger partial charge in [0.25, 0.3) is 0 Å². The molecule has 0 saturated heterocycles. The first-order valence-corrected chi connectivity index (χ1v) is 12.0. The van der Waals surface area contributed by atoms with Crippen molar-refractivity contribution in [2.24, 2.45) is 0 Å². The van der Waals surface area contributed by atoms with E-state index in [9.17, 15) is 18.0 Å². The van der Waals surface area contributed by atoms with Crippen LogP contribution in [0.3, 0.4) is 0 Å². The van der Waals surface area contributed by atoms with E-state index in [1.807, 2.05) is 29.7 Å². The van der Waals surface area contributed by atoms with Gasteiger partial charge in [-0.05, 0) is 59.6 Å². The summed E-state index contributed by atoms with van der Waals surface area (Å²) in [5, 5.41) is 3.05. The topological polar surface area (TPSA) is 69.0 Å². The maximum atomic E-state index is 12.6. The maximum absolute atomic E-state index is 12.6. The predicted octanol–water partition coefficient (Wildman–Crippen LogP) is 5.81. The third-order valence-corrected chi connectivity index (χ3v) is 6.38. The van der Waals surface area contributed by atoms with Gasteiger partial charge in [-0.15, -0.1) is 13.2 Å². The lowest BCUT2D eigenvalue weighted by Gasteiger charge is -2.20. The normalized spacial score (nSPS) is 14.9. The highest BCUT2D eigenvalue weighted by molar-refractivity contribution is 9.11. The summed E-state index contributed by atoms with van der Waals surface area (Å²) in [5.74, 6) is 0.324. The molecule has 0 aliphatic heterocycles. The van der Waals surface area contributed by atoms with Gasteiger partial charge in [-0.3, -0.25) is 4.79 Å². The van der Waals surface area contributed by atoms with Crippen LogP contribution in [0.4, 0.5) is 13.2 Å². The van der Waals surface area contributed by atoms with Crippen LogP contribution in [-0.4, -0.2) is 32.8 Å². The van der Waals surface area contributed by atoms with Gasteiger partial charge in [-0.2, -0.15) is 0 Å². The Hall–Kier alpha value is -3.14. The van der Waals surface area contributed by atoms with E-state index in [1.165, 1.54) is 17.7 Å². The number of aryl methyl sites for hydroxylation is 1. The highest BCUT2D eigenvalue weighted by atomic mass is 79.9. The molecule has 1 amide bonds. The van der Waals surface area contributed by atoms with Crippen LogP contribution < -0.4 is 10.1 Å².